The van der Waals surface area contributed by atoms with Crippen molar-refractivity contribution in [3.8, 4) is 17.2 Å². The molecule has 0 spiro atoms. The van der Waals surface area contributed by atoms with Gasteiger partial charge in [0.15, 0.2) is 16.5 Å². The zero-order valence-corrected chi connectivity index (χ0v) is 14.3. The van der Waals surface area contributed by atoms with Crippen LogP contribution in [0.3, 0.4) is 0 Å². The summed E-state index contributed by atoms with van der Waals surface area (Å²) in [6.45, 7) is 0. The van der Waals surface area contributed by atoms with E-state index in [4.69, 9.17) is 9.47 Å². The SMILES string of the molecule is COc1cc(/C=c2\sc3nc4ccccc4n3c2=O)cc(OC)c1O. The molecule has 0 unspecified atom stereocenters. The molecular weight excluding hydrogens is 340 g/mol. The molecule has 0 bridgehead atoms. The van der Waals surface area contributed by atoms with Crippen molar-refractivity contribution >= 4 is 33.4 Å². The van der Waals surface area contributed by atoms with Crippen molar-refractivity contribution in [1.82, 2.24) is 9.38 Å². The number of nitrogens with zero attached hydrogens (tertiary/aromatic N) is 2. The molecule has 7 heteroatoms. The number of rotatable bonds is 3. The quantitative estimate of drug-likeness (QED) is 0.610. The van der Waals surface area contributed by atoms with Crippen LogP contribution in [0, 0.1) is 0 Å². The highest BCUT2D eigenvalue weighted by Crippen LogP contribution is 2.37. The van der Waals surface area contributed by atoms with Gasteiger partial charge in [0.05, 0.1) is 29.8 Å². The predicted octanol–water partition coefficient (Wildman–Crippen LogP) is 2.18. The fourth-order valence-electron chi connectivity index (χ4n) is 2.76. The Balaban J connectivity index is 1.96. The monoisotopic (exact) mass is 354 g/mol. The molecule has 6 nitrogen and oxygen atoms in total. The van der Waals surface area contributed by atoms with E-state index in [0.717, 1.165) is 11.0 Å². The largest absolute Gasteiger partial charge is 0.502 e. The average Bonchev–Trinajstić information content (AvgIpc) is 3.13. The molecule has 126 valence electrons. The van der Waals surface area contributed by atoms with Crippen LogP contribution in [0.4, 0.5) is 0 Å². The number of fused-ring (bicyclic) bond motifs is 3. The summed E-state index contributed by atoms with van der Waals surface area (Å²) in [5.41, 5.74) is 2.15. The van der Waals surface area contributed by atoms with E-state index in [1.165, 1.54) is 25.6 Å². The highest BCUT2D eigenvalue weighted by atomic mass is 32.1. The molecule has 0 fully saturated rings. The Hall–Kier alpha value is -3.06. The third kappa shape index (κ3) is 2.40. The summed E-state index contributed by atoms with van der Waals surface area (Å²) >= 11 is 1.32. The number of phenols is 1. The van der Waals surface area contributed by atoms with Crippen LogP contribution in [0.2, 0.25) is 0 Å². The van der Waals surface area contributed by atoms with E-state index in [0.29, 0.717) is 15.1 Å². The molecule has 2 heterocycles. The van der Waals surface area contributed by atoms with Gasteiger partial charge in [-0.15, -0.1) is 0 Å². The van der Waals surface area contributed by atoms with Crippen LogP contribution in [0.25, 0.3) is 22.1 Å². The first-order chi connectivity index (χ1) is 12.1. The molecule has 0 aliphatic carbocycles. The highest BCUT2D eigenvalue weighted by Gasteiger charge is 2.13. The number of hydrogen-bond acceptors (Lipinski definition) is 6. The molecule has 0 atom stereocenters. The van der Waals surface area contributed by atoms with Crippen LogP contribution in [-0.4, -0.2) is 28.7 Å². The van der Waals surface area contributed by atoms with Crippen molar-refractivity contribution in [2.24, 2.45) is 0 Å². The maximum Gasteiger partial charge on any atom is 0.274 e. The Kier molecular flexibility index (Phi) is 3.58. The molecule has 0 amide bonds. The van der Waals surface area contributed by atoms with Crippen LogP contribution in [0.5, 0.6) is 17.2 Å². The number of hydrogen-bond donors (Lipinski definition) is 1. The number of benzene rings is 2. The van der Waals surface area contributed by atoms with Crippen LogP contribution in [0.1, 0.15) is 5.56 Å². The first kappa shape index (κ1) is 15.5. The minimum absolute atomic E-state index is 0.0727. The van der Waals surface area contributed by atoms with Gasteiger partial charge in [-0.25, -0.2) is 9.38 Å². The maximum atomic E-state index is 12.8. The zero-order chi connectivity index (χ0) is 17.6. The molecule has 4 rings (SSSR count). The van der Waals surface area contributed by atoms with Gasteiger partial charge < -0.3 is 14.6 Å². The fourth-order valence-corrected chi connectivity index (χ4v) is 3.75. The molecule has 2 aromatic heterocycles. The van der Waals surface area contributed by atoms with Gasteiger partial charge in [0, 0.05) is 0 Å². The van der Waals surface area contributed by atoms with Crippen molar-refractivity contribution in [3.63, 3.8) is 0 Å². The van der Waals surface area contributed by atoms with Gasteiger partial charge in [0.2, 0.25) is 5.75 Å². The number of ether oxygens (including phenoxy) is 2. The summed E-state index contributed by atoms with van der Waals surface area (Å²) in [5, 5.41) is 10.00. The van der Waals surface area contributed by atoms with Crippen molar-refractivity contribution in [2.75, 3.05) is 14.2 Å². The number of aromatic hydroxyl groups is 1. The molecule has 0 aliphatic rings. The lowest BCUT2D eigenvalue weighted by Crippen LogP contribution is -2.22. The fraction of sp³-hybridized carbons (Fsp3) is 0.111. The number of phenolic OH excluding ortho intramolecular Hbond substituents is 1. The van der Waals surface area contributed by atoms with Crippen LogP contribution < -0.4 is 19.6 Å². The van der Waals surface area contributed by atoms with E-state index < -0.39 is 0 Å². The summed E-state index contributed by atoms with van der Waals surface area (Å²) in [6.07, 6.45) is 1.74. The Morgan fingerprint density at radius 3 is 2.52 bits per heavy atom. The lowest BCUT2D eigenvalue weighted by atomic mass is 10.1. The van der Waals surface area contributed by atoms with Crippen molar-refractivity contribution in [1.29, 1.82) is 0 Å². The van der Waals surface area contributed by atoms with E-state index in [1.54, 1.807) is 22.6 Å². The summed E-state index contributed by atoms with van der Waals surface area (Å²) in [5.74, 6) is 0.492. The highest BCUT2D eigenvalue weighted by molar-refractivity contribution is 7.15. The Morgan fingerprint density at radius 1 is 1.16 bits per heavy atom. The van der Waals surface area contributed by atoms with E-state index >= 15 is 0 Å². The molecular formula is C18H14N2O4S. The number of imidazole rings is 1. The molecule has 4 aromatic rings. The van der Waals surface area contributed by atoms with Gasteiger partial charge >= 0.3 is 0 Å². The van der Waals surface area contributed by atoms with E-state index in [9.17, 15) is 9.90 Å². The standard InChI is InChI=1S/C18H14N2O4S/c1-23-13-7-10(8-14(24-2)16(13)21)9-15-17(22)20-12-6-4-3-5-11(12)19-18(20)25-15/h3-9,21H,1-2H3/b15-9-. The average molecular weight is 354 g/mol. The van der Waals surface area contributed by atoms with Crippen molar-refractivity contribution in [2.45, 2.75) is 0 Å². The van der Waals surface area contributed by atoms with Crippen LogP contribution in [-0.2, 0) is 0 Å². The summed E-state index contributed by atoms with van der Waals surface area (Å²) in [6, 6.07) is 10.8. The molecule has 0 aliphatic heterocycles. The molecule has 1 N–H and O–H groups in total. The minimum Gasteiger partial charge on any atom is -0.502 e. The molecule has 0 saturated heterocycles. The second-order valence-corrected chi connectivity index (χ2v) is 6.42. The molecule has 2 aromatic carbocycles. The van der Waals surface area contributed by atoms with Crippen LogP contribution >= 0.6 is 11.3 Å². The van der Waals surface area contributed by atoms with Crippen LogP contribution in [0.15, 0.2) is 41.2 Å². The second kappa shape index (κ2) is 5.78. The summed E-state index contributed by atoms with van der Waals surface area (Å²) in [7, 11) is 2.92. The predicted molar refractivity (Wildman–Crippen MR) is 96.8 cm³/mol. The van der Waals surface area contributed by atoms with Gasteiger partial charge in [-0.05, 0) is 35.9 Å². The van der Waals surface area contributed by atoms with E-state index in [2.05, 4.69) is 4.98 Å². The van der Waals surface area contributed by atoms with Gasteiger partial charge in [0.25, 0.3) is 5.56 Å². The van der Waals surface area contributed by atoms with Gasteiger partial charge in [-0.1, -0.05) is 23.5 Å². The second-order valence-electron chi connectivity index (χ2n) is 5.41. The normalized spacial score (nSPS) is 12.2. The third-order valence-corrected chi connectivity index (χ3v) is 4.91. The van der Waals surface area contributed by atoms with Crippen molar-refractivity contribution in [3.05, 3.63) is 56.8 Å². The summed E-state index contributed by atoms with van der Waals surface area (Å²) in [4.78, 5) is 17.9. The van der Waals surface area contributed by atoms with Crippen molar-refractivity contribution < 1.29 is 14.6 Å². The van der Waals surface area contributed by atoms with Gasteiger partial charge in [-0.3, -0.25) is 4.79 Å². The Bertz CT molecular complexity index is 1180. The van der Waals surface area contributed by atoms with E-state index in [1.807, 2.05) is 24.3 Å². The number of para-hydroxylation sites is 2. The topological polar surface area (TPSA) is 73.1 Å². The molecule has 25 heavy (non-hydrogen) atoms. The first-order valence-corrected chi connectivity index (χ1v) is 8.30. The Labute approximate surface area is 146 Å². The number of aromatic nitrogens is 2. The lowest BCUT2D eigenvalue weighted by molar-refractivity contribution is 0.340. The molecule has 0 radical (unpaired) electrons. The smallest absolute Gasteiger partial charge is 0.274 e. The Morgan fingerprint density at radius 2 is 1.84 bits per heavy atom. The zero-order valence-electron chi connectivity index (χ0n) is 13.5. The third-order valence-electron chi connectivity index (χ3n) is 3.95. The lowest BCUT2D eigenvalue weighted by Gasteiger charge is -2.09. The first-order valence-electron chi connectivity index (χ1n) is 7.49. The van der Waals surface area contributed by atoms with Gasteiger partial charge in [0.1, 0.15) is 0 Å². The minimum atomic E-state index is -0.125. The summed E-state index contributed by atoms with van der Waals surface area (Å²) < 4.78 is 12.5. The van der Waals surface area contributed by atoms with Gasteiger partial charge in [-0.2, -0.15) is 0 Å². The number of methoxy groups -OCH3 is 2. The number of thiazole rings is 1. The molecule has 0 saturated carbocycles. The van der Waals surface area contributed by atoms with E-state index in [-0.39, 0.29) is 22.8 Å². The maximum absolute atomic E-state index is 12.8.